The molecule has 4 rings (SSSR count). The van der Waals surface area contributed by atoms with Gasteiger partial charge in [-0.3, -0.25) is 19.0 Å². The molecule has 0 bridgehead atoms. The molecule has 0 aliphatic carbocycles. The van der Waals surface area contributed by atoms with Gasteiger partial charge < -0.3 is 5.32 Å². The van der Waals surface area contributed by atoms with Gasteiger partial charge in [0.05, 0.1) is 21.8 Å². The lowest BCUT2D eigenvalue weighted by molar-refractivity contribution is -0.118. The normalized spacial score (nSPS) is 11.9. The van der Waals surface area contributed by atoms with Crippen LogP contribution in [-0.2, 0) is 11.2 Å². The van der Waals surface area contributed by atoms with Gasteiger partial charge in [-0.05, 0) is 50.1 Å². The first kappa shape index (κ1) is 24.4. The van der Waals surface area contributed by atoms with E-state index in [1.165, 1.54) is 18.7 Å². The number of aryl methyl sites for hydroxylation is 1. The Labute approximate surface area is 208 Å². The van der Waals surface area contributed by atoms with Crippen LogP contribution in [-0.4, -0.2) is 33.0 Å². The molecule has 0 aliphatic rings. The maximum Gasteiger partial charge on any atom is 0.266 e. The molecule has 1 heterocycles. The summed E-state index contributed by atoms with van der Waals surface area (Å²) in [7, 11) is 0. The van der Waals surface area contributed by atoms with Crippen molar-refractivity contribution in [2.24, 2.45) is 0 Å². The lowest BCUT2D eigenvalue weighted by Crippen LogP contribution is -2.24. The first-order valence-corrected chi connectivity index (χ1v) is 12.3. The Balaban J connectivity index is 1.61. The summed E-state index contributed by atoms with van der Waals surface area (Å²) < 4.78 is 1.58. The first-order chi connectivity index (χ1) is 16.8. The molecule has 1 unspecified atom stereocenters. The molecule has 1 amide bonds. The van der Waals surface area contributed by atoms with E-state index >= 15 is 0 Å². The molecule has 0 fully saturated rings. The van der Waals surface area contributed by atoms with Crippen molar-refractivity contribution in [3.8, 4) is 5.69 Å². The van der Waals surface area contributed by atoms with Crippen molar-refractivity contribution < 1.29 is 9.59 Å². The second-order valence-corrected chi connectivity index (χ2v) is 9.75. The summed E-state index contributed by atoms with van der Waals surface area (Å²) in [6.07, 6.45) is 0.697. The number of para-hydroxylation sites is 1. The maximum atomic E-state index is 13.4. The Bertz CT molecular complexity index is 1430. The van der Waals surface area contributed by atoms with E-state index in [0.29, 0.717) is 40.3 Å². The van der Waals surface area contributed by atoms with Gasteiger partial charge in [-0.15, -0.1) is 0 Å². The van der Waals surface area contributed by atoms with Crippen molar-refractivity contribution >= 4 is 34.4 Å². The van der Waals surface area contributed by atoms with Crippen molar-refractivity contribution in [2.75, 3.05) is 6.54 Å². The van der Waals surface area contributed by atoms with E-state index in [1.807, 2.05) is 80.6 Å². The molecule has 178 valence electrons. The number of benzene rings is 3. The smallest absolute Gasteiger partial charge is 0.266 e. The zero-order valence-electron chi connectivity index (χ0n) is 19.9. The summed E-state index contributed by atoms with van der Waals surface area (Å²) in [5.74, 6) is -0.102. The van der Waals surface area contributed by atoms with E-state index in [-0.39, 0.29) is 17.2 Å². The molecule has 4 aromatic rings. The average molecular weight is 486 g/mol. The van der Waals surface area contributed by atoms with Gasteiger partial charge >= 0.3 is 0 Å². The molecule has 1 atom stereocenters. The van der Waals surface area contributed by atoms with Crippen LogP contribution >= 0.6 is 11.8 Å². The molecule has 3 aromatic carbocycles. The van der Waals surface area contributed by atoms with E-state index in [0.717, 1.165) is 11.1 Å². The number of amides is 1. The Morgan fingerprint density at radius 2 is 1.69 bits per heavy atom. The number of Topliss-reactive ketones (excluding diaryl/α,β-unsaturated/α-hetero) is 1. The molecular weight excluding hydrogens is 458 g/mol. The van der Waals surface area contributed by atoms with Gasteiger partial charge in [0.15, 0.2) is 10.9 Å². The molecule has 0 saturated heterocycles. The number of carbonyl (C=O) groups excluding carboxylic acids is 2. The van der Waals surface area contributed by atoms with Crippen molar-refractivity contribution in [2.45, 2.75) is 37.6 Å². The third-order valence-electron chi connectivity index (χ3n) is 5.71. The Morgan fingerprint density at radius 3 is 2.37 bits per heavy atom. The van der Waals surface area contributed by atoms with Crippen LogP contribution in [0, 0.1) is 6.92 Å². The van der Waals surface area contributed by atoms with Crippen LogP contribution in [0.2, 0.25) is 0 Å². The fraction of sp³-hybridized carbons (Fsp3) is 0.214. The second kappa shape index (κ2) is 10.7. The molecule has 0 spiro atoms. The molecule has 1 N–H and O–H groups in total. The molecule has 0 saturated carbocycles. The SMILES string of the molecule is CC(=O)NCCc1ccc(C(=O)C(C)Sc2nc3ccccc3c(=O)n2-c2ccc(C)cc2)cc1. The van der Waals surface area contributed by atoms with Crippen molar-refractivity contribution in [3.05, 3.63) is 99.8 Å². The number of rotatable bonds is 8. The summed E-state index contributed by atoms with van der Waals surface area (Å²) in [5, 5.41) is 3.33. The second-order valence-electron chi connectivity index (χ2n) is 8.44. The van der Waals surface area contributed by atoms with Gasteiger partial charge in [0.2, 0.25) is 5.91 Å². The van der Waals surface area contributed by atoms with Crippen LogP contribution in [0.1, 0.15) is 35.3 Å². The van der Waals surface area contributed by atoms with Crippen LogP contribution in [0.4, 0.5) is 0 Å². The minimum Gasteiger partial charge on any atom is -0.356 e. The van der Waals surface area contributed by atoms with Crippen LogP contribution in [0.15, 0.2) is 82.7 Å². The number of ketones is 1. The van der Waals surface area contributed by atoms with Crippen molar-refractivity contribution in [3.63, 3.8) is 0 Å². The van der Waals surface area contributed by atoms with Crippen molar-refractivity contribution in [1.29, 1.82) is 0 Å². The Kier molecular flexibility index (Phi) is 7.46. The third-order valence-corrected chi connectivity index (χ3v) is 6.77. The summed E-state index contributed by atoms with van der Waals surface area (Å²) >= 11 is 1.28. The molecule has 0 aliphatic heterocycles. The average Bonchev–Trinajstić information content (AvgIpc) is 2.85. The minimum atomic E-state index is -0.454. The lowest BCUT2D eigenvalue weighted by Gasteiger charge is -2.16. The molecule has 0 radical (unpaired) electrons. The molecule has 6 nitrogen and oxygen atoms in total. The molecule has 1 aromatic heterocycles. The van der Waals surface area contributed by atoms with Gasteiger partial charge in [0, 0.05) is 19.0 Å². The summed E-state index contributed by atoms with van der Waals surface area (Å²) in [6.45, 7) is 5.87. The van der Waals surface area contributed by atoms with E-state index in [2.05, 4.69) is 5.32 Å². The highest BCUT2D eigenvalue weighted by molar-refractivity contribution is 8.00. The van der Waals surface area contributed by atoms with Crippen LogP contribution in [0.5, 0.6) is 0 Å². The predicted molar refractivity (Wildman–Crippen MR) is 141 cm³/mol. The number of thioether (sulfide) groups is 1. The molecule has 35 heavy (non-hydrogen) atoms. The fourth-order valence-electron chi connectivity index (χ4n) is 3.78. The highest BCUT2D eigenvalue weighted by atomic mass is 32.2. The van der Waals surface area contributed by atoms with Gasteiger partial charge in [0.25, 0.3) is 5.56 Å². The van der Waals surface area contributed by atoms with Crippen LogP contribution in [0.25, 0.3) is 16.6 Å². The minimum absolute atomic E-state index is 0.0405. The van der Waals surface area contributed by atoms with Crippen LogP contribution < -0.4 is 10.9 Å². The highest BCUT2D eigenvalue weighted by Crippen LogP contribution is 2.27. The maximum absolute atomic E-state index is 13.4. The van der Waals surface area contributed by atoms with Gasteiger partial charge in [-0.2, -0.15) is 0 Å². The summed E-state index contributed by atoms with van der Waals surface area (Å²) in [5.41, 5.74) is 3.88. The molecule has 7 heteroatoms. The van der Waals surface area contributed by atoms with Gasteiger partial charge in [-0.25, -0.2) is 4.98 Å². The molecular formula is C28H27N3O3S. The monoisotopic (exact) mass is 485 g/mol. The summed E-state index contributed by atoms with van der Waals surface area (Å²) in [4.78, 5) is 42.4. The van der Waals surface area contributed by atoms with E-state index in [9.17, 15) is 14.4 Å². The van der Waals surface area contributed by atoms with E-state index < -0.39 is 5.25 Å². The Hall–Kier alpha value is -3.71. The summed E-state index contributed by atoms with van der Waals surface area (Å²) in [6, 6.07) is 22.4. The third kappa shape index (κ3) is 5.69. The zero-order chi connectivity index (χ0) is 24.9. The highest BCUT2D eigenvalue weighted by Gasteiger charge is 2.21. The number of carbonyl (C=O) groups is 2. The Morgan fingerprint density at radius 1 is 1.00 bits per heavy atom. The van der Waals surface area contributed by atoms with Crippen molar-refractivity contribution in [1.82, 2.24) is 14.9 Å². The fourth-order valence-corrected chi connectivity index (χ4v) is 4.78. The standard InChI is InChI=1S/C28H27N3O3S/c1-18-8-14-23(15-9-18)31-27(34)24-6-4-5-7-25(24)30-28(31)35-19(2)26(33)22-12-10-21(11-13-22)16-17-29-20(3)32/h4-15,19H,16-17H2,1-3H3,(H,29,32). The predicted octanol–water partition coefficient (Wildman–Crippen LogP) is 4.74. The first-order valence-electron chi connectivity index (χ1n) is 11.5. The number of nitrogens with zero attached hydrogens (tertiary/aromatic N) is 2. The van der Waals surface area contributed by atoms with E-state index in [4.69, 9.17) is 4.98 Å². The number of nitrogens with one attached hydrogen (secondary N) is 1. The topological polar surface area (TPSA) is 81.1 Å². The number of hydrogen-bond donors (Lipinski definition) is 1. The number of aromatic nitrogens is 2. The van der Waals surface area contributed by atoms with Gasteiger partial charge in [0.1, 0.15) is 0 Å². The number of fused-ring (bicyclic) bond motifs is 1. The largest absolute Gasteiger partial charge is 0.356 e. The van der Waals surface area contributed by atoms with Gasteiger partial charge in [-0.1, -0.05) is 65.9 Å². The van der Waals surface area contributed by atoms with E-state index in [1.54, 1.807) is 10.6 Å². The lowest BCUT2D eigenvalue weighted by atomic mass is 10.0. The quantitative estimate of drug-likeness (QED) is 0.222. The number of hydrogen-bond acceptors (Lipinski definition) is 5. The van der Waals surface area contributed by atoms with Crippen LogP contribution in [0.3, 0.4) is 0 Å². The zero-order valence-corrected chi connectivity index (χ0v) is 20.8.